The second kappa shape index (κ2) is 4.09. The van der Waals surface area contributed by atoms with Crippen LogP contribution in [0.15, 0.2) is 12.3 Å². The van der Waals surface area contributed by atoms with E-state index in [0.717, 1.165) is 0 Å². The standard InChI is InChI=1S/C3H2O2.C2H6O3S/c4-3-1-2-5-3;1-2-6(3,4)5/h1-2H;2H2,1H3,(H,3,4,5). The van der Waals surface area contributed by atoms with Gasteiger partial charge in [0.05, 0.1) is 11.8 Å². The lowest BCUT2D eigenvalue weighted by Gasteiger charge is -1.96. The highest BCUT2D eigenvalue weighted by atomic mass is 32.2. The maximum Gasteiger partial charge on any atom is 0.338 e. The van der Waals surface area contributed by atoms with Crippen molar-refractivity contribution in [3.8, 4) is 0 Å². The lowest BCUT2D eigenvalue weighted by atomic mass is 10.6. The van der Waals surface area contributed by atoms with E-state index in [-0.39, 0.29) is 11.7 Å². The molecule has 0 aromatic carbocycles. The molecule has 0 aromatic heterocycles. The molecular formula is C5H8O5S. The smallest absolute Gasteiger partial charge is 0.338 e. The summed E-state index contributed by atoms with van der Waals surface area (Å²) in [5, 5.41) is 0. The Kier molecular flexibility index (Phi) is 3.77. The van der Waals surface area contributed by atoms with Gasteiger partial charge in [-0.15, -0.1) is 0 Å². The van der Waals surface area contributed by atoms with Crippen LogP contribution in [-0.2, 0) is 19.6 Å². The molecule has 0 fully saturated rings. The van der Waals surface area contributed by atoms with Crippen LogP contribution in [0.2, 0.25) is 0 Å². The second-order valence-electron chi connectivity index (χ2n) is 1.61. The molecule has 1 rings (SSSR count). The first-order valence-corrected chi connectivity index (χ1v) is 4.39. The summed E-state index contributed by atoms with van der Waals surface area (Å²) in [6, 6.07) is 0. The normalized spacial score (nSPS) is 14.2. The van der Waals surface area contributed by atoms with E-state index in [1.54, 1.807) is 0 Å². The zero-order valence-corrected chi connectivity index (χ0v) is 6.67. The fraction of sp³-hybridized carbons (Fsp3) is 0.400. The number of rotatable bonds is 1. The van der Waals surface area contributed by atoms with E-state index in [2.05, 4.69) is 4.74 Å². The number of carbonyl (C=O) groups excluding carboxylic acids is 1. The van der Waals surface area contributed by atoms with Crippen LogP contribution in [0.5, 0.6) is 0 Å². The zero-order valence-electron chi connectivity index (χ0n) is 5.85. The minimum absolute atomic E-state index is 0.201. The Morgan fingerprint density at radius 3 is 1.91 bits per heavy atom. The van der Waals surface area contributed by atoms with Crippen molar-refractivity contribution < 1.29 is 22.5 Å². The van der Waals surface area contributed by atoms with Crippen molar-refractivity contribution in [2.75, 3.05) is 5.75 Å². The third-order valence-corrected chi connectivity index (χ3v) is 1.48. The van der Waals surface area contributed by atoms with Crippen molar-refractivity contribution in [1.82, 2.24) is 0 Å². The van der Waals surface area contributed by atoms with Crippen LogP contribution in [-0.4, -0.2) is 24.7 Å². The molecule has 0 aliphatic carbocycles. The predicted molar refractivity (Wildman–Crippen MR) is 37.3 cm³/mol. The van der Waals surface area contributed by atoms with Gasteiger partial charge in [-0.2, -0.15) is 8.42 Å². The zero-order chi connectivity index (χ0) is 8.91. The highest BCUT2D eigenvalue weighted by molar-refractivity contribution is 7.85. The Morgan fingerprint density at radius 1 is 1.64 bits per heavy atom. The number of hydrogen-bond donors (Lipinski definition) is 1. The van der Waals surface area contributed by atoms with Crippen LogP contribution in [0.4, 0.5) is 0 Å². The first kappa shape index (κ1) is 10.1. The molecule has 1 aliphatic rings. The summed E-state index contributed by atoms with van der Waals surface area (Å²) in [6.45, 7) is 1.37. The van der Waals surface area contributed by atoms with Gasteiger partial charge in [0.2, 0.25) is 0 Å². The molecule has 1 aliphatic heterocycles. The van der Waals surface area contributed by atoms with Crippen LogP contribution in [0, 0.1) is 0 Å². The first-order valence-electron chi connectivity index (χ1n) is 2.78. The number of hydrogen-bond acceptors (Lipinski definition) is 4. The van der Waals surface area contributed by atoms with Gasteiger partial charge in [0.1, 0.15) is 6.26 Å². The molecule has 0 bridgehead atoms. The molecule has 64 valence electrons. The summed E-state index contributed by atoms with van der Waals surface area (Å²) in [4.78, 5) is 9.59. The molecule has 0 saturated carbocycles. The van der Waals surface area contributed by atoms with Crippen LogP contribution in [0.25, 0.3) is 0 Å². The van der Waals surface area contributed by atoms with Crippen molar-refractivity contribution in [2.45, 2.75) is 6.92 Å². The van der Waals surface area contributed by atoms with E-state index < -0.39 is 10.1 Å². The molecule has 0 saturated heterocycles. The molecule has 0 aromatic rings. The average molecular weight is 180 g/mol. The van der Waals surface area contributed by atoms with Crippen LogP contribution >= 0.6 is 0 Å². The van der Waals surface area contributed by atoms with E-state index in [9.17, 15) is 13.2 Å². The van der Waals surface area contributed by atoms with Crippen molar-refractivity contribution in [3.05, 3.63) is 12.3 Å². The topological polar surface area (TPSA) is 80.7 Å². The maximum absolute atomic E-state index is 9.59. The SMILES string of the molecule is CCS(=O)(=O)O.O=C1C=CO1. The summed E-state index contributed by atoms with van der Waals surface area (Å²) in [5.41, 5.74) is 0. The maximum atomic E-state index is 9.59. The van der Waals surface area contributed by atoms with E-state index in [1.807, 2.05) is 0 Å². The highest BCUT2D eigenvalue weighted by Crippen LogP contribution is 1.91. The molecule has 5 nitrogen and oxygen atoms in total. The van der Waals surface area contributed by atoms with Gasteiger partial charge in [-0.1, -0.05) is 0 Å². The summed E-state index contributed by atoms with van der Waals surface area (Å²) in [6.07, 6.45) is 2.71. The van der Waals surface area contributed by atoms with Crippen LogP contribution in [0.1, 0.15) is 6.92 Å². The van der Waals surface area contributed by atoms with Crippen LogP contribution < -0.4 is 0 Å². The Hall–Kier alpha value is -0.880. The Balaban J connectivity index is 0.000000183. The summed E-state index contributed by atoms with van der Waals surface area (Å²) >= 11 is 0. The summed E-state index contributed by atoms with van der Waals surface area (Å²) in [7, 11) is -3.66. The van der Waals surface area contributed by atoms with Gasteiger partial charge in [-0.3, -0.25) is 4.55 Å². The number of carbonyl (C=O) groups is 1. The first-order chi connectivity index (χ1) is 4.95. The minimum atomic E-state index is -3.66. The van der Waals surface area contributed by atoms with Crippen molar-refractivity contribution in [3.63, 3.8) is 0 Å². The Bertz CT molecular complexity index is 250. The molecule has 6 heteroatoms. The van der Waals surface area contributed by atoms with Gasteiger partial charge in [0, 0.05) is 0 Å². The van der Waals surface area contributed by atoms with Crippen LogP contribution in [0.3, 0.4) is 0 Å². The molecule has 0 amide bonds. The van der Waals surface area contributed by atoms with Gasteiger partial charge in [0.25, 0.3) is 10.1 Å². The molecule has 1 heterocycles. The summed E-state index contributed by atoms with van der Waals surface area (Å²) in [5.74, 6) is -0.447. The Labute approximate surface area is 64.4 Å². The quantitative estimate of drug-likeness (QED) is 0.452. The molecule has 1 N–H and O–H groups in total. The van der Waals surface area contributed by atoms with E-state index in [4.69, 9.17) is 4.55 Å². The molecule has 0 unspecified atom stereocenters. The van der Waals surface area contributed by atoms with Gasteiger partial charge < -0.3 is 4.74 Å². The lowest BCUT2D eigenvalue weighted by Crippen LogP contribution is -2.01. The van der Waals surface area contributed by atoms with Crippen molar-refractivity contribution in [1.29, 1.82) is 0 Å². The fourth-order valence-corrected chi connectivity index (χ4v) is 0.124. The molecular weight excluding hydrogens is 172 g/mol. The minimum Gasteiger partial charge on any atom is -0.431 e. The number of esters is 1. The van der Waals surface area contributed by atoms with Gasteiger partial charge in [-0.05, 0) is 6.92 Å². The van der Waals surface area contributed by atoms with E-state index in [1.165, 1.54) is 19.3 Å². The third kappa shape index (κ3) is 7.01. The third-order valence-electron chi connectivity index (χ3n) is 0.753. The van der Waals surface area contributed by atoms with E-state index in [0.29, 0.717) is 0 Å². The number of ether oxygens (including phenoxy) is 1. The average Bonchev–Trinajstić information content (AvgIpc) is 1.84. The van der Waals surface area contributed by atoms with Gasteiger partial charge >= 0.3 is 5.97 Å². The van der Waals surface area contributed by atoms with Gasteiger partial charge in [-0.25, -0.2) is 4.79 Å². The summed E-state index contributed by atoms with van der Waals surface area (Å²) < 4.78 is 31.0. The highest BCUT2D eigenvalue weighted by Gasteiger charge is 1.99. The molecule has 0 atom stereocenters. The monoisotopic (exact) mass is 180 g/mol. The number of cyclic esters (lactones) is 1. The fourth-order valence-electron chi connectivity index (χ4n) is 0.124. The molecule has 0 spiro atoms. The van der Waals surface area contributed by atoms with Gasteiger partial charge in [0.15, 0.2) is 0 Å². The lowest BCUT2D eigenvalue weighted by molar-refractivity contribution is -0.136. The second-order valence-corrected chi connectivity index (χ2v) is 3.35. The Morgan fingerprint density at radius 2 is 1.91 bits per heavy atom. The largest absolute Gasteiger partial charge is 0.431 e. The van der Waals surface area contributed by atoms with Crippen molar-refractivity contribution in [2.24, 2.45) is 0 Å². The molecule has 11 heavy (non-hydrogen) atoms. The predicted octanol–water partition coefficient (Wildman–Crippen LogP) is -0.0490. The molecule has 0 radical (unpaired) electrons. The van der Waals surface area contributed by atoms with Crippen molar-refractivity contribution >= 4 is 16.1 Å². The van der Waals surface area contributed by atoms with E-state index >= 15 is 0 Å².